The van der Waals surface area contributed by atoms with Crippen molar-refractivity contribution in [3.63, 3.8) is 0 Å². The Morgan fingerprint density at radius 1 is 1.17 bits per heavy atom. The SMILES string of the molecule is C[C@H](N[C@@H]1CCc2[nH]c3ccc(F)cc3c2C1)c1ccccc1. The molecule has 4 rings (SSSR count). The van der Waals surface area contributed by atoms with Crippen LogP contribution < -0.4 is 5.32 Å². The smallest absolute Gasteiger partial charge is 0.123 e. The van der Waals surface area contributed by atoms with Gasteiger partial charge in [-0.3, -0.25) is 0 Å². The van der Waals surface area contributed by atoms with Crippen molar-refractivity contribution >= 4 is 10.9 Å². The summed E-state index contributed by atoms with van der Waals surface area (Å²) in [6.07, 6.45) is 3.08. The summed E-state index contributed by atoms with van der Waals surface area (Å²) in [5.74, 6) is -0.160. The second-order valence-electron chi connectivity index (χ2n) is 6.51. The highest BCUT2D eigenvalue weighted by Crippen LogP contribution is 2.30. The van der Waals surface area contributed by atoms with Crippen LogP contribution in [0.5, 0.6) is 0 Å². The van der Waals surface area contributed by atoms with Gasteiger partial charge < -0.3 is 10.3 Å². The molecule has 0 bridgehead atoms. The summed E-state index contributed by atoms with van der Waals surface area (Å²) >= 11 is 0. The summed E-state index contributed by atoms with van der Waals surface area (Å²) in [7, 11) is 0. The average Bonchev–Trinajstić information content (AvgIpc) is 2.93. The lowest BCUT2D eigenvalue weighted by Crippen LogP contribution is -2.36. The number of aromatic nitrogens is 1. The van der Waals surface area contributed by atoms with E-state index in [0.29, 0.717) is 12.1 Å². The molecule has 0 aliphatic heterocycles. The fourth-order valence-electron chi connectivity index (χ4n) is 3.72. The Hall–Kier alpha value is -2.13. The van der Waals surface area contributed by atoms with Gasteiger partial charge in [0.1, 0.15) is 5.82 Å². The Balaban J connectivity index is 1.56. The van der Waals surface area contributed by atoms with Crippen molar-refractivity contribution in [3.8, 4) is 0 Å². The third-order valence-electron chi connectivity index (χ3n) is 4.94. The fourth-order valence-corrected chi connectivity index (χ4v) is 3.72. The molecule has 2 nitrogen and oxygen atoms in total. The maximum Gasteiger partial charge on any atom is 0.123 e. The number of rotatable bonds is 3. The van der Waals surface area contributed by atoms with Crippen molar-refractivity contribution in [3.05, 3.63) is 71.2 Å². The number of H-pyrrole nitrogens is 1. The lowest BCUT2D eigenvalue weighted by atomic mass is 9.90. The van der Waals surface area contributed by atoms with Gasteiger partial charge in [-0.25, -0.2) is 4.39 Å². The minimum atomic E-state index is -0.160. The van der Waals surface area contributed by atoms with Gasteiger partial charge in [0.05, 0.1) is 0 Å². The molecule has 1 heterocycles. The lowest BCUT2D eigenvalue weighted by Gasteiger charge is -2.27. The van der Waals surface area contributed by atoms with Crippen LogP contribution in [0.2, 0.25) is 0 Å². The number of aryl methyl sites for hydroxylation is 1. The topological polar surface area (TPSA) is 27.8 Å². The predicted octanol–water partition coefficient (Wildman–Crippen LogP) is 4.52. The van der Waals surface area contributed by atoms with Crippen LogP contribution in [0, 0.1) is 5.82 Å². The van der Waals surface area contributed by atoms with Gasteiger partial charge in [-0.15, -0.1) is 0 Å². The van der Waals surface area contributed by atoms with Crippen LogP contribution in [-0.4, -0.2) is 11.0 Å². The first-order valence-corrected chi connectivity index (χ1v) is 8.30. The molecule has 0 saturated carbocycles. The zero-order valence-corrected chi connectivity index (χ0v) is 13.3. The maximum atomic E-state index is 13.6. The normalized spacial score (nSPS) is 18.8. The van der Waals surface area contributed by atoms with E-state index in [9.17, 15) is 4.39 Å². The predicted molar refractivity (Wildman–Crippen MR) is 92.1 cm³/mol. The van der Waals surface area contributed by atoms with Crippen LogP contribution in [0.3, 0.4) is 0 Å². The molecule has 0 saturated heterocycles. The molecule has 1 aliphatic rings. The molecule has 0 fully saturated rings. The van der Waals surface area contributed by atoms with Crippen molar-refractivity contribution in [2.75, 3.05) is 0 Å². The Morgan fingerprint density at radius 2 is 2.00 bits per heavy atom. The quantitative estimate of drug-likeness (QED) is 0.732. The highest BCUT2D eigenvalue weighted by atomic mass is 19.1. The summed E-state index contributed by atoms with van der Waals surface area (Å²) in [5.41, 5.74) is 4.91. The first-order valence-electron chi connectivity index (χ1n) is 8.30. The second-order valence-corrected chi connectivity index (χ2v) is 6.51. The number of hydrogen-bond acceptors (Lipinski definition) is 1. The Kier molecular flexibility index (Phi) is 3.66. The van der Waals surface area contributed by atoms with Gasteiger partial charge in [0.2, 0.25) is 0 Å². The molecule has 2 N–H and O–H groups in total. The maximum absolute atomic E-state index is 13.6. The highest BCUT2D eigenvalue weighted by molar-refractivity contribution is 5.85. The highest BCUT2D eigenvalue weighted by Gasteiger charge is 2.23. The monoisotopic (exact) mass is 308 g/mol. The minimum Gasteiger partial charge on any atom is -0.358 e. The van der Waals surface area contributed by atoms with Crippen molar-refractivity contribution in [2.45, 2.75) is 38.3 Å². The summed E-state index contributed by atoms with van der Waals surface area (Å²) in [6.45, 7) is 2.21. The molecular formula is C20H21FN2. The molecule has 3 aromatic rings. The molecule has 0 radical (unpaired) electrons. The van der Waals surface area contributed by atoms with Gasteiger partial charge >= 0.3 is 0 Å². The van der Waals surface area contributed by atoms with E-state index < -0.39 is 0 Å². The Bertz CT molecular complexity index is 822. The van der Waals surface area contributed by atoms with Gasteiger partial charge in [0.15, 0.2) is 0 Å². The standard InChI is InChI=1S/C20H21FN2/c1-13(14-5-3-2-4-6-14)22-16-8-10-20-18(12-16)17-11-15(21)7-9-19(17)23-20/h2-7,9,11,13,16,22-23H,8,10,12H2,1H3/t13-,16+/m0/s1. The van der Waals surface area contributed by atoms with Crippen molar-refractivity contribution < 1.29 is 4.39 Å². The minimum absolute atomic E-state index is 0.160. The van der Waals surface area contributed by atoms with E-state index >= 15 is 0 Å². The molecule has 118 valence electrons. The van der Waals surface area contributed by atoms with Gasteiger partial charge in [-0.1, -0.05) is 30.3 Å². The number of aromatic amines is 1. The first-order chi connectivity index (χ1) is 11.2. The number of fused-ring (bicyclic) bond motifs is 3. The molecule has 23 heavy (non-hydrogen) atoms. The van der Waals surface area contributed by atoms with Crippen LogP contribution in [0.4, 0.5) is 4.39 Å². The fraction of sp³-hybridized carbons (Fsp3) is 0.300. The molecule has 0 spiro atoms. The number of benzene rings is 2. The Morgan fingerprint density at radius 3 is 2.83 bits per heavy atom. The van der Waals surface area contributed by atoms with Gasteiger partial charge in [0.25, 0.3) is 0 Å². The summed E-state index contributed by atoms with van der Waals surface area (Å²) in [5, 5.41) is 4.78. The summed E-state index contributed by atoms with van der Waals surface area (Å²) < 4.78 is 13.6. The number of nitrogens with one attached hydrogen (secondary N) is 2. The first kappa shape index (κ1) is 14.5. The molecule has 3 heteroatoms. The molecule has 2 aromatic carbocycles. The molecule has 0 amide bonds. The molecule has 0 unspecified atom stereocenters. The van der Waals surface area contributed by atoms with Crippen molar-refractivity contribution in [1.29, 1.82) is 0 Å². The van der Waals surface area contributed by atoms with Gasteiger partial charge in [-0.2, -0.15) is 0 Å². The summed E-state index contributed by atoms with van der Waals surface area (Å²) in [6, 6.07) is 16.3. The molecule has 2 atom stereocenters. The van der Waals surface area contributed by atoms with Crippen molar-refractivity contribution in [2.24, 2.45) is 0 Å². The van der Waals surface area contributed by atoms with E-state index in [1.807, 2.05) is 12.1 Å². The largest absolute Gasteiger partial charge is 0.358 e. The molecule has 1 aliphatic carbocycles. The zero-order valence-electron chi connectivity index (χ0n) is 13.3. The third kappa shape index (κ3) is 2.77. The number of halogens is 1. The van der Waals surface area contributed by atoms with E-state index in [4.69, 9.17) is 0 Å². The van der Waals surface area contributed by atoms with Crippen LogP contribution >= 0.6 is 0 Å². The van der Waals surface area contributed by atoms with E-state index in [1.165, 1.54) is 22.9 Å². The van der Waals surface area contributed by atoms with E-state index in [1.54, 1.807) is 6.07 Å². The Labute approximate surface area is 135 Å². The van der Waals surface area contributed by atoms with E-state index in [0.717, 1.165) is 30.2 Å². The van der Waals surface area contributed by atoms with E-state index in [-0.39, 0.29) is 5.82 Å². The van der Waals surface area contributed by atoms with Crippen LogP contribution in [-0.2, 0) is 12.8 Å². The van der Waals surface area contributed by atoms with Crippen molar-refractivity contribution in [1.82, 2.24) is 10.3 Å². The third-order valence-corrected chi connectivity index (χ3v) is 4.94. The summed E-state index contributed by atoms with van der Waals surface area (Å²) in [4.78, 5) is 3.45. The van der Waals surface area contributed by atoms with Crippen LogP contribution in [0.25, 0.3) is 10.9 Å². The van der Waals surface area contributed by atoms with Gasteiger partial charge in [0, 0.05) is 28.7 Å². The van der Waals surface area contributed by atoms with Crippen LogP contribution in [0.1, 0.15) is 36.2 Å². The number of hydrogen-bond donors (Lipinski definition) is 2. The van der Waals surface area contributed by atoms with E-state index in [2.05, 4.69) is 41.5 Å². The second kappa shape index (κ2) is 5.82. The molecule has 1 aromatic heterocycles. The average molecular weight is 308 g/mol. The molecular weight excluding hydrogens is 287 g/mol. The zero-order chi connectivity index (χ0) is 15.8. The van der Waals surface area contributed by atoms with Crippen LogP contribution in [0.15, 0.2) is 48.5 Å². The lowest BCUT2D eigenvalue weighted by molar-refractivity contribution is 0.413. The van der Waals surface area contributed by atoms with Gasteiger partial charge in [-0.05, 0) is 55.5 Å².